The third kappa shape index (κ3) is 5.20. The molecule has 31 heavy (non-hydrogen) atoms. The molecule has 3 rings (SSSR count). The lowest BCUT2D eigenvalue weighted by molar-refractivity contribution is -0.121. The molecule has 0 bridgehead atoms. The maximum Gasteiger partial charge on any atom is 0.342 e. The van der Waals surface area contributed by atoms with E-state index in [9.17, 15) is 14.7 Å². The first-order chi connectivity index (χ1) is 14.8. The molecule has 1 aliphatic heterocycles. The zero-order valence-corrected chi connectivity index (χ0v) is 18.6. The fraction of sp³-hybridized carbons (Fsp3) is 0.333. The summed E-state index contributed by atoms with van der Waals surface area (Å²) in [6, 6.07) is 7.34. The number of phenols is 1. The van der Waals surface area contributed by atoms with Crippen LogP contribution in [0.2, 0.25) is 5.02 Å². The molecule has 0 atom stereocenters. The summed E-state index contributed by atoms with van der Waals surface area (Å²) in [7, 11) is 1.54. The Hall–Kier alpha value is -2.99. The molecular weight excluding hydrogens is 418 g/mol. The molecule has 7 heteroatoms. The molecule has 1 amide bonds. The summed E-state index contributed by atoms with van der Waals surface area (Å²) in [6.45, 7) is 4.38. The Labute approximate surface area is 186 Å². The van der Waals surface area contributed by atoms with E-state index in [0.717, 1.165) is 16.7 Å². The number of hydrogen-bond acceptors (Lipinski definition) is 5. The molecule has 2 aromatic rings. The molecule has 1 heterocycles. The van der Waals surface area contributed by atoms with Crippen molar-refractivity contribution in [1.29, 1.82) is 0 Å². The third-order valence-corrected chi connectivity index (χ3v) is 5.70. The van der Waals surface area contributed by atoms with Crippen molar-refractivity contribution in [3.63, 3.8) is 0 Å². The SMILES string of the molecule is COc1c(C)c2c(c(O)c1CC=C(C)CCC(=O)NCc1ccc(Cl)cc1)C(=O)OC2. The van der Waals surface area contributed by atoms with Crippen LogP contribution < -0.4 is 10.1 Å². The summed E-state index contributed by atoms with van der Waals surface area (Å²) in [5.41, 5.74) is 4.22. The minimum atomic E-state index is -0.516. The van der Waals surface area contributed by atoms with Gasteiger partial charge < -0.3 is 19.9 Å². The largest absolute Gasteiger partial charge is 0.507 e. The number of esters is 1. The van der Waals surface area contributed by atoms with E-state index < -0.39 is 5.97 Å². The van der Waals surface area contributed by atoms with Crippen LogP contribution in [0.4, 0.5) is 0 Å². The second kappa shape index (κ2) is 9.88. The van der Waals surface area contributed by atoms with Crippen LogP contribution in [0.1, 0.15) is 52.4 Å². The monoisotopic (exact) mass is 443 g/mol. The minimum absolute atomic E-state index is 0.0424. The first-order valence-electron chi connectivity index (χ1n) is 10.1. The number of amides is 1. The van der Waals surface area contributed by atoms with Gasteiger partial charge >= 0.3 is 5.97 Å². The van der Waals surface area contributed by atoms with Crippen LogP contribution in [0.5, 0.6) is 11.5 Å². The Morgan fingerprint density at radius 2 is 2.00 bits per heavy atom. The van der Waals surface area contributed by atoms with Crippen molar-refractivity contribution >= 4 is 23.5 Å². The number of carbonyl (C=O) groups excluding carboxylic acids is 2. The minimum Gasteiger partial charge on any atom is -0.507 e. The third-order valence-electron chi connectivity index (χ3n) is 5.45. The number of aromatic hydroxyl groups is 1. The highest BCUT2D eigenvalue weighted by Gasteiger charge is 2.31. The maximum atomic E-state index is 12.1. The molecule has 1 aliphatic rings. The fourth-order valence-electron chi connectivity index (χ4n) is 3.61. The van der Waals surface area contributed by atoms with Crippen LogP contribution in [-0.4, -0.2) is 24.1 Å². The van der Waals surface area contributed by atoms with Crippen molar-refractivity contribution in [2.75, 3.05) is 7.11 Å². The van der Waals surface area contributed by atoms with Crippen LogP contribution in [0.25, 0.3) is 0 Å². The van der Waals surface area contributed by atoms with Crippen LogP contribution in [0.3, 0.4) is 0 Å². The highest BCUT2D eigenvalue weighted by molar-refractivity contribution is 6.30. The van der Waals surface area contributed by atoms with Gasteiger partial charge in [0.15, 0.2) is 0 Å². The van der Waals surface area contributed by atoms with E-state index in [2.05, 4.69) is 5.32 Å². The Balaban J connectivity index is 1.61. The van der Waals surface area contributed by atoms with E-state index in [-0.39, 0.29) is 23.8 Å². The number of cyclic esters (lactones) is 1. The number of nitrogens with one attached hydrogen (secondary N) is 1. The first-order valence-corrected chi connectivity index (χ1v) is 10.4. The van der Waals surface area contributed by atoms with Crippen LogP contribution >= 0.6 is 11.6 Å². The number of fused-ring (bicyclic) bond motifs is 1. The average molecular weight is 444 g/mol. The van der Waals surface area contributed by atoms with E-state index >= 15 is 0 Å². The quantitative estimate of drug-likeness (QED) is 0.459. The standard InChI is InChI=1S/C24H26ClNO5/c1-14(5-11-20(27)26-12-16-6-8-17(25)9-7-16)4-10-18-22(28)21-19(13-31-24(21)29)15(2)23(18)30-3/h4,6-9,28H,5,10-13H2,1-3H3,(H,26,27). The zero-order valence-electron chi connectivity index (χ0n) is 17.9. The molecule has 164 valence electrons. The number of carbonyl (C=O) groups is 2. The van der Waals surface area contributed by atoms with Gasteiger partial charge in [-0.05, 0) is 49.9 Å². The van der Waals surface area contributed by atoms with E-state index in [4.69, 9.17) is 21.1 Å². The van der Waals surface area contributed by atoms with Gasteiger partial charge in [-0.25, -0.2) is 4.79 Å². The summed E-state index contributed by atoms with van der Waals surface area (Å²) in [4.78, 5) is 24.1. The highest BCUT2D eigenvalue weighted by Crippen LogP contribution is 2.42. The van der Waals surface area contributed by atoms with Gasteiger partial charge in [0.2, 0.25) is 5.91 Å². The Morgan fingerprint density at radius 3 is 2.68 bits per heavy atom. The van der Waals surface area contributed by atoms with Crippen LogP contribution in [-0.2, 0) is 29.1 Å². The van der Waals surface area contributed by atoms with E-state index in [1.165, 1.54) is 7.11 Å². The first kappa shape index (κ1) is 22.7. The second-order valence-electron chi connectivity index (χ2n) is 7.57. The van der Waals surface area contributed by atoms with E-state index in [1.54, 1.807) is 12.1 Å². The molecule has 2 N–H and O–H groups in total. The molecule has 0 spiro atoms. The molecule has 0 aromatic heterocycles. The van der Waals surface area contributed by atoms with E-state index in [1.807, 2.05) is 32.1 Å². The van der Waals surface area contributed by atoms with Crippen molar-refractivity contribution in [3.8, 4) is 11.5 Å². The van der Waals surface area contributed by atoms with Crippen molar-refractivity contribution < 1.29 is 24.2 Å². The zero-order chi connectivity index (χ0) is 22.5. The lowest BCUT2D eigenvalue weighted by Crippen LogP contribution is -2.22. The van der Waals surface area contributed by atoms with Gasteiger partial charge in [-0.3, -0.25) is 4.79 Å². The molecule has 0 radical (unpaired) electrons. The maximum absolute atomic E-state index is 12.1. The summed E-state index contributed by atoms with van der Waals surface area (Å²) in [5, 5.41) is 14.2. The number of ether oxygens (including phenoxy) is 2. The van der Waals surface area contributed by atoms with Crippen molar-refractivity contribution in [1.82, 2.24) is 5.32 Å². The van der Waals surface area contributed by atoms with Gasteiger partial charge in [-0.2, -0.15) is 0 Å². The lowest BCUT2D eigenvalue weighted by Gasteiger charge is -2.15. The van der Waals surface area contributed by atoms with Crippen LogP contribution in [0, 0.1) is 6.92 Å². The number of hydrogen-bond donors (Lipinski definition) is 2. The van der Waals surface area contributed by atoms with Gasteiger partial charge in [0.1, 0.15) is 23.7 Å². The van der Waals surface area contributed by atoms with Gasteiger partial charge in [-0.15, -0.1) is 0 Å². The summed E-state index contributed by atoms with van der Waals surface area (Å²) < 4.78 is 10.6. The van der Waals surface area contributed by atoms with Crippen molar-refractivity contribution in [2.24, 2.45) is 0 Å². The molecule has 6 nitrogen and oxygen atoms in total. The topological polar surface area (TPSA) is 84.9 Å². The van der Waals surface area contributed by atoms with Crippen molar-refractivity contribution in [3.05, 3.63) is 68.8 Å². The Morgan fingerprint density at radius 1 is 1.29 bits per heavy atom. The van der Waals surface area contributed by atoms with E-state index in [0.29, 0.717) is 47.7 Å². The summed E-state index contributed by atoms with van der Waals surface area (Å²) >= 11 is 5.87. The highest BCUT2D eigenvalue weighted by atomic mass is 35.5. The Kier molecular flexibility index (Phi) is 7.23. The number of allylic oxidation sites excluding steroid dienone is 2. The smallest absolute Gasteiger partial charge is 0.342 e. The number of phenolic OH excluding ortho intramolecular Hbond substituents is 1. The molecule has 2 aromatic carbocycles. The molecule has 0 unspecified atom stereocenters. The molecule has 0 saturated heterocycles. The number of halogens is 1. The summed E-state index contributed by atoms with van der Waals surface area (Å²) in [6.07, 6.45) is 3.26. The fourth-order valence-corrected chi connectivity index (χ4v) is 3.73. The van der Waals surface area contributed by atoms with Gasteiger partial charge in [0.05, 0.1) is 7.11 Å². The summed E-state index contributed by atoms with van der Waals surface area (Å²) in [5.74, 6) is -0.0965. The normalized spacial score (nSPS) is 13.0. The predicted octanol–water partition coefficient (Wildman–Crippen LogP) is 4.62. The molecular formula is C24H26ClNO5. The average Bonchev–Trinajstić information content (AvgIpc) is 3.15. The predicted molar refractivity (Wildman–Crippen MR) is 119 cm³/mol. The number of benzene rings is 2. The molecule has 0 fully saturated rings. The Bertz CT molecular complexity index is 1030. The van der Waals surface area contributed by atoms with Gasteiger partial charge in [-0.1, -0.05) is 35.4 Å². The second-order valence-corrected chi connectivity index (χ2v) is 8.01. The van der Waals surface area contributed by atoms with Gasteiger partial charge in [0.25, 0.3) is 0 Å². The number of methoxy groups -OCH3 is 1. The lowest BCUT2D eigenvalue weighted by atomic mass is 9.94. The van der Waals surface area contributed by atoms with Crippen molar-refractivity contribution in [2.45, 2.75) is 46.3 Å². The molecule has 0 aliphatic carbocycles. The van der Waals surface area contributed by atoms with Gasteiger partial charge in [0, 0.05) is 29.1 Å². The number of rotatable bonds is 8. The van der Waals surface area contributed by atoms with Crippen LogP contribution in [0.15, 0.2) is 35.9 Å². The molecule has 0 saturated carbocycles.